The number of rotatable bonds is 4. The third kappa shape index (κ3) is 3.25. The molecule has 1 N–H and O–H groups in total. The van der Waals surface area contributed by atoms with Crippen LogP contribution in [0.15, 0.2) is 64.5 Å². The summed E-state index contributed by atoms with van der Waals surface area (Å²) >= 11 is 1.43. The van der Waals surface area contributed by atoms with Crippen molar-refractivity contribution >= 4 is 17.3 Å². The Bertz CT molecular complexity index is 1120. The molecule has 7 heteroatoms. The summed E-state index contributed by atoms with van der Waals surface area (Å²) in [6.45, 7) is 2.02. The van der Waals surface area contributed by atoms with E-state index >= 15 is 0 Å². The van der Waals surface area contributed by atoms with Gasteiger partial charge in [0.05, 0.1) is 5.69 Å². The Balaban J connectivity index is 1.69. The summed E-state index contributed by atoms with van der Waals surface area (Å²) < 4.78 is 14.6. The van der Waals surface area contributed by atoms with E-state index < -0.39 is 0 Å². The van der Waals surface area contributed by atoms with Crippen LogP contribution in [0.3, 0.4) is 0 Å². The molecule has 0 unspecified atom stereocenters. The molecule has 0 bridgehead atoms. The maximum absolute atomic E-state index is 13.0. The van der Waals surface area contributed by atoms with Crippen molar-refractivity contribution in [3.8, 4) is 11.3 Å². The Kier molecular flexibility index (Phi) is 4.30. The number of aromatic nitrogens is 4. The predicted octanol–water partition coefficient (Wildman–Crippen LogP) is 3.82. The SMILES string of the molecule is Cc1ccc(-c2cc3c(=O)[nH]nc(SCc4ccc(F)cc4)n3n2)cc1. The van der Waals surface area contributed by atoms with Gasteiger partial charge in [0.25, 0.3) is 5.56 Å². The molecule has 0 spiro atoms. The molecule has 0 saturated heterocycles. The van der Waals surface area contributed by atoms with Gasteiger partial charge in [0.2, 0.25) is 5.16 Å². The lowest BCUT2D eigenvalue weighted by atomic mass is 10.1. The Morgan fingerprint density at radius 1 is 1.12 bits per heavy atom. The molecule has 5 nitrogen and oxygen atoms in total. The molecular formula is C19H15FN4OS. The number of hydrogen-bond donors (Lipinski definition) is 1. The fourth-order valence-corrected chi connectivity index (χ4v) is 3.44. The zero-order valence-corrected chi connectivity index (χ0v) is 14.8. The predicted molar refractivity (Wildman–Crippen MR) is 99.7 cm³/mol. The van der Waals surface area contributed by atoms with Crippen molar-refractivity contribution in [2.24, 2.45) is 0 Å². The molecule has 26 heavy (non-hydrogen) atoms. The van der Waals surface area contributed by atoms with Gasteiger partial charge in [-0.15, -0.1) is 5.10 Å². The van der Waals surface area contributed by atoms with Crippen molar-refractivity contribution in [2.45, 2.75) is 17.8 Å². The second kappa shape index (κ2) is 6.76. The van der Waals surface area contributed by atoms with Crippen molar-refractivity contribution in [3.05, 3.63) is 81.9 Å². The summed E-state index contributed by atoms with van der Waals surface area (Å²) in [6.07, 6.45) is 0. The second-order valence-electron chi connectivity index (χ2n) is 5.94. The zero-order chi connectivity index (χ0) is 18.1. The van der Waals surface area contributed by atoms with E-state index in [1.54, 1.807) is 22.7 Å². The molecule has 0 amide bonds. The van der Waals surface area contributed by atoms with E-state index in [2.05, 4.69) is 15.3 Å². The number of fused-ring (bicyclic) bond motifs is 1. The lowest BCUT2D eigenvalue weighted by Gasteiger charge is -2.03. The van der Waals surface area contributed by atoms with Crippen LogP contribution in [0.2, 0.25) is 0 Å². The van der Waals surface area contributed by atoms with Gasteiger partial charge in [-0.25, -0.2) is 14.0 Å². The summed E-state index contributed by atoms with van der Waals surface area (Å²) in [7, 11) is 0. The molecule has 0 aliphatic heterocycles. The first-order chi connectivity index (χ1) is 12.6. The Labute approximate surface area is 152 Å². The largest absolute Gasteiger partial charge is 0.290 e. The van der Waals surface area contributed by atoms with Crippen molar-refractivity contribution < 1.29 is 4.39 Å². The lowest BCUT2D eigenvalue weighted by Crippen LogP contribution is -2.13. The molecule has 0 radical (unpaired) electrons. The summed E-state index contributed by atoms with van der Waals surface area (Å²) in [5.41, 5.74) is 3.93. The van der Waals surface area contributed by atoms with Gasteiger partial charge in [-0.2, -0.15) is 5.10 Å². The van der Waals surface area contributed by atoms with Crippen molar-refractivity contribution in [3.63, 3.8) is 0 Å². The monoisotopic (exact) mass is 366 g/mol. The van der Waals surface area contributed by atoms with Crippen LogP contribution in [0.1, 0.15) is 11.1 Å². The van der Waals surface area contributed by atoms with Gasteiger partial charge >= 0.3 is 0 Å². The van der Waals surface area contributed by atoms with Gasteiger partial charge < -0.3 is 0 Å². The number of halogens is 1. The van der Waals surface area contributed by atoms with Gasteiger partial charge in [-0.1, -0.05) is 53.7 Å². The Morgan fingerprint density at radius 2 is 1.85 bits per heavy atom. The minimum absolute atomic E-state index is 0.266. The first-order valence-electron chi connectivity index (χ1n) is 8.03. The molecule has 0 atom stereocenters. The number of H-pyrrole nitrogens is 1. The molecule has 0 aliphatic carbocycles. The molecule has 2 aromatic heterocycles. The summed E-state index contributed by atoms with van der Waals surface area (Å²) in [6, 6.07) is 16.0. The third-order valence-corrected chi connectivity index (χ3v) is 5.00. The van der Waals surface area contributed by atoms with Crippen LogP contribution in [0, 0.1) is 12.7 Å². The topological polar surface area (TPSA) is 63.0 Å². The number of hydrogen-bond acceptors (Lipinski definition) is 4. The average Bonchev–Trinajstić information content (AvgIpc) is 3.10. The molecule has 0 saturated carbocycles. The molecule has 0 aliphatic rings. The van der Waals surface area contributed by atoms with Gasteiger partial charge in [-0.3, -0.25) is 4.79 Å². The molecule has 2 aromatic carbocycles. The quantitative estimate of drug-likeness (QED) is 0.558. The van der Waals surface area contributed by atoms with Crippen LogP contribution < -0.4 is 5.56 Å². The van der Waals surface area contributed by atoms with Gasteiger partial charge in [-0.05, 0) is 30.7 Å². The molecule has 4 aromatic rings. The molecule has 130 valence electrons. The van der Waals surface area contributed by atoms with E-state index in [0.717, 1.165) is 16.7 Å². The summed E-state index contributed by atoms with van der Waals surface area (Å²) in [4.78, 5) is 12.1. The number of aromatic amines is 1. The van der Waals surface area contributed by atoms with Gasteiger partial charge in [0, 0.05) is 11.3 Å². The maximum Gasteiger partial charge on any atom is 0.290 e. The lowest BCUT2D eigenvalue weighted by molar-refractivity contribution is 0.627. The van der Waals surface area contributed by atoms with Crippen LogP contribution in [-0.4, -0.2) is 19.8 Å². The highest BCUT2D eigenvalue weighted by Gasteiger charge is 2.12. The van der Waals surface area contributed by atoms with E-state index in [0.29, 0.717) is 22.1 Å². The van der Waals surface area contributed by atoms with E-state index in [1.807, 2.05) is 31.2 Å². The zero-order valence-electron chi connectivity index (χ0n) is 13.9. The molecule has 2 heterocycles. The smallest absolute Gasteiger partial charge is 0.266 e. The number of nitrogens with zero attached hydrogens (tertiary/aromatic N) is 3. The standard InChI is InChI=1S/C19H15FN4OS/c1-12-2-6-14(7-3-12)16-10-17-18(25)21-22-19(24(17)23-16)26-11-13-4-8-15(20)9-5-13/h2-10H,11H2,1H3,(H,21,25). The van der Waals surface area contributed by atoms with Crippen molar-refractivity contribution in [1.29, 1.82) is 0 Å². The second-order valence-corrected chi connectivity index (χ2v) is 6.89. The van der Waals surface area contributed by atoms with E-state index in [4.69, 9.17) is 0 Å². The van der Waals surface area contributed by atoms with Gasteiger partial charge in [0.15, 0.2) is 0 Å². The van der Waals surface area contributed by atoms with Crippen LogP contribution in [0.25, 0.3) is 16.8 Å². The van der Waals surface area contributed by atoms with Crippen LogP contribution >= 0.6 is 11.8 Å². The fraction of sp³-hybridized carbons (Fsp3) is 0.105. The fourth-order valence-electron chi connectivity index (χ4n) is 2.58. The third-order valence-electron chi connectivity index (χ3n) is 4.00. The normalized spacial score (nSPS) is 11.2. The Morgan fingerprint density at radius 3 is 2.58 bits per heavy atom. The highest BCUT2D eigenvalue weighted by Crippen LogP contribution is 2.24. The molecular weight excluding hydrogens is 351 g/mol. The molecule has 0 fully saturated rings. The van der Waals surface area contributed by atoms with Crippen LogP contribution in [-0.2, 0) is 5.75 Å². The maximum atomic E-state index is 13.0. The highest BCUT2D eigenvalue weighted by molar-refractivity contribution is 7.98. The average molecular weight is 366 g/mol. The van der Waals surface area contributed by atoms with E-state index in [-0.39, 0.29) is 11.4 Å². The van der Waals surface area contributed by atoms with Crippen molar-refractivity contribution in [2.75, 3.05) is 0 Å². The van der Waals surface area contributed by atoms with E-state index in [9.17, 15) is 9.18 Å². The highest BCUT2D eigenvalue weighted by atomic mass is 32.2. The van der Waals surface area contributed by atoms with Gasteiger partial charge in [0.1, 0.15) is 11.3 Å². The van der Waals surface area contributed by atoms with Crippen LogP contribution in [0.4, 0.5) is 4.39 Å². The minimum Gasteiger partial charge on any atom is -0.266 e. The van der Waals surface area contributed by atoms with Crippen LogP contribution in [0.5, 0.6) is 0 Å². The number of nitrogens with one attached hydrogen (secondary N) is 1. The summed E-state index contributed by atoms with van der Waals surface area (Å²) in [5, 5.41) is 11.8. The number of aryl methyl sites for hydroxylation is 1. The van der Waals surface area contributed by atoms with Crippen molar-refractivity contribution in [1.82, 2.24) is 19.8 Å². The first-order valence-corrected chi connectivity index (χ1v) is 9.01. The Hall–Kier alpha value is -2.93. The minimum atomic E-state index is -0.290. The summed E-state index contributed by atoms with van der Waals surface area (Å²) in [5.74, 6) is 0.326. The molecule has 4 rings (SSSR count). The number of thioether (sulfide) groups is 1. The number of benzene rings is 2. The van der Waals surface area contributed by atoms with E-state index in [1.165, 1.54) is 23.9 Å². The first kappa shape index (κ1) is 16.5.